The predicted molar refractivity (Wildman–Crippen MR) is 88.0 cm³/mol. The van der Waals surface area contributed by atoms with Crippen molar-refractivity contribution in [1.29, 1.82) is 0 Å². The zero-order valence-corrected chi connectivity index (χ0v) is 14.2. The molecule has 2 aliphatic rings. The Kier molecular flexibility index (Phi) is 3.31. The minimum absolute atomic E-state index is 0.183. The van der Waals surface area contributed by atoms with Crippen molar-refractivity contribution >= 4 is 5.78 Å². The van der Waals surface area contributed by atoms with Crippen LogP contribution in [0.2, 0.25) is 0 Å². The van der Waals surface area contributed by atoms with Crippen molar-refractivity contribution in [3.63, 3.8) is 0 Å². The topological polar surface area (TPSA) is 17.1 Å². The number of ketones is 1. The minimum Gasteiger partial charge on any atom is -0.294 e. The fourth-order valence-corrected chi connectivity index (χ4v) is 5.24. The molecule has 0 bridgehead atoms. The zero-order valence-electron chi connectivity index (χ0n) is 14.2. The van der Waals surface area contributed by atoms with Gasteiger partial charge in [-0.3, -0.25) is 4.79 Å². The Labute approximate surface area is 129 Å². The van der Waals surface area contributed by atoms with Crippen LogP contribution in [-0.4, -0.2) is 5.78 Å². The van der Waals surface area contributed by atoms with Gasteiger partial charge in [-0.05, 0) is 59.6 Å². The highest BCUT2D eigenvalue weighted by Gasteiger charge is 2.52. The maximum Gasteiger partial charge on any atom is 0.163 e. The molecule has 1 fully saturated rings. The molecule has 1 aromatic carbocycles. The van der Waals surface area contributed by atoms with Crippen molar-refractivity contribution in [3.05, 3.63) is 34.4 Å². The average Bonchev–Trinajstić information content (AvgIpc) is 2.41. The molecule has 21 heavy (non-hydrogen) atoms. The average molecular weight is 284 g/mol. The summed E-state index contributed by atoms with van der Waals surface area (Å²) < 4.78 is 0. The summed E-state index contributed by atoms with van der Waals surface area (Å²) in [4.78, 5) is 12.9. The second-order valence-corrected chi connectivity index (χ2v) is 8.08. The highest BCUT2D eigenvalue weighted by atomic mass is 16.1. The highest BCUT2D eigenvalue weighted by Crippen LogP contribution is 2.57. The van der Waals surface area contributed by atoms with Crippen LogP contribution in [0.25, 0.3) is 0 Å². The lowest BCUT2D eigenvalue weighted by Crippen LogP contribution is -2.49. The first kappa shape index (κ1) is 14.8. The quantitative estimate of drug-likeness (QED) is 0.690. The molecule has 1 saturated carbocycles. The number of hydrogen-bond donors (Lipinski definition) is 0. The van der Waals surface area contributed by atoms with Gasteiger partial charge in [-0.15, -0.1) is 0 Å². The van der Waals surface area contributed by atoms with E-state index in [-0.39, 0.29) is 10.8 Å². The number of aryl methyl sites for hydroxylation is 1. The largest absolute Gasteiger partial charge is 0.294 e. The lowest BCUT2D eigenvalue weighted by atomic mass is 9.50. The van der Waals surface area contributed by atoms with Crippen LogP contribution in [0.1, 0.15) is 80.4 Å². The molecule has 1 nitrogen and oxygen atoms in total. The van der Waals surface area contributed by atoms with Crippen LogP contribution in [0.4, 0.5) is 0 Å². The Hall–Kier alpha value is -1.11. The van der Waals surface area contributed by atoms with Crippen molar-refractivity contribution in [2.24, 2.45) is 11.3 Å². The monoisotopic (exact) mass is 284 g/mol. The summed E-state index contributed by atoms with van der Waals surface area (Å²) in [6, 6.07) is 4.50. The summed E-state index contributed by atoms with van der Waals surface area (Å²) >= 11 is 0. The summed E-state index contributed by atoms with van der Waals surface area (Å²) in [5, 5.41) is 0. The van der Waals surface area contributed by atoms with Crippen molar-refractivity contribution in [2.75, 3.05) is 0 Å². The molecular weight excluding hydrogens is 256 g/mol. The standard InChI is InChI=1S/C20H28O/c1-6-14-13(2)8-9-15-18(14)16(21)12-17-19(3,4)10-7-11-20(15,17)5/h8-9,17H,6-7,10-12H2,1-5H3. The number of carbonyl (C=O) groups excluding carboxylic acids is 1. The molecule has 0 aromatic heterocycles. The molecule has 2 unspecified atom stereocenters. The first-order valence-electron chi connectivity index (χ1n) is 8.47. The van der Waals surface area contributed by atoms with Gasteiger partial charge in [-0.1, -0.05) is 46.2 Å². The van der Waals surface area contributed by atoms with E-state index >= 15 is 0 Å². The third-order valence-electron chi connectivity index (χ3n) is 6.41. The van der Waals surface area contributed by atoms with E-state index in [1.807, 2.05) is 0 Å². The van der Waals surface area contributed by atoms with Gasteiger partial charge in [-0.25, -0.2) is 0 Å². The molecule has 0 radical (unpaired) electrons. The third kappa shape index (κ3) is 2.00. The Morgan fingerprint density at radius 1 is 1.19 bits per heavy atom. The van der Waals surface area contributed by atoms with Crippen LogP contribution < -0.4 is 0 Å². The molecule has 114 valence electrons. The summed E-state index contributed by atoms with van der Waals surface area (Å²) in [5.41, 5.74) is 5.45. The first-order valence-corrected chi connectivity index (χ1v) is 8.47. The van der Waals surface area contributed by atoms with E-state index in [9.17, 15) is 4.79 Å². The van der Waals surface area contributed by atoms with Gasteiger partial charge in [0.25, 0.3) is 0 Å². The van der Waals surface area contributed by atoms with Crippen molar-refractivity contribution in [2.45, 2.75) is 72.1 Å². The number of fused-ring (bicyclic) bond motifs is 3. The predicted octanol–water partition coefficient (Wildman–Crippen LogP) is 5.23. The van der Waals surface area contributed by atoms with Gasteiger partial charge in [0.2, 0.25) is 0 Å². The van der Waals surface area contributed by atoms with Crippen LogP contribution in [-0.2, 0) is 11.8 Å². The molecule has 2 aliphatic carbocycles. The van der Waals surface area contributed by atoms with Gasteiger partial charge < -0.3 is 0 Å². The summed E-state index contributed by atoms with van der Waals surface area (Å²) in [7, 11) is 0. The Balaban J connectivity index is 2.24. The normalized spacial score (nSPS) is 30.7. The summed E-state index contributed by atoms with van der Waals surface area (Å²) in [5.74, 6) is 0.883. The molecule has 0 heterocycles. The summed E-state index contributed by atoms with van der Waals surface area (Å²) in [6.45, 7) is 11.5. The highest BCUT2D eigenvalue weighted by molar-refractivity contribution is 6.01. The van der Waals surface area contributed by atoms with Crippen molar-refractivity contribution in [3.8, 4) is 0 Å². The van der Waals surface area contributed by atoms with Crippen molar-refractivity contribution in [1.82, 2.24) is 0 Å². The number of carbonyl (C=O) groups is 1. The third-order valence-corrected chi connectivity index (χ3v) is 6.41. The van der Waals surface area contributed by atoms with Gasteiger partial charge in [-0.2, -0.15) is 0 Å². The molecular formula is C20H28O. The SMILES string of the molecule is CCc1c(C)ccc2c1C(=O)CC1C(C)(C)CCCC21C. The fraction of sp³-hybridized carbons (Fsp3) is 0.650. The number of rotatable bonds is 1. The second kappa shape index (κ2) is 4.69. The molecule has 3 rings (SSSR count). The Morgan fingerprint density at radius 2 is 1.90 bits per heavy atom. The maximum atomic E-state index is 12.9. The van der Waals surface area contributed by atoms with Gasteiger partial charge in [0.05, 0.1) is 0 Å². The van der Waals surface area contributed by atoms with Crippen LogP contribution >= 0.6 is 0 Å². The molecule has 1 heteroatoms. The lowest BCUT2D eigenvalue weighted by Gasteiger charge is -2.54. The number of hydrogen-bond acceptors (Lipinski definition) is 1. The van der Waals surface area contributed by atoms with E-state index in [4.69, 9.17) is 0 Å². The molecule has 0 saturated heterocycles. The fourth-order valence-electron chi connectivity index (χ4n) is 5.24. The lowest BCUT2D eigenvalue weighted by molar-refractivity contribution is 0.0367. The van der Waals surface area contributed by atoms with Crippen LogP contribution in [0.5, 0.6) is 0 Å². The number of Topliss-reactive ketones (excluding diaryl/α,β-unsaturated/α-hetero) is 1. The van der Waals surface area contributed by atoms with E-state index < -0.39 is 0 Å². The molecule has 2 atom stereocenters. The zero-order chi connectivity index (χ0) is 15.4. The van der Waals surface area contributed by atoms with E-state index in [0.717, 1.165) is 18.4 Å². The smallest absolute Gasteiger partial charge is 0.163 e. The van der Waals surface area contributed by atoms with Gasteiger partial charge in [0.15, 0.2) is 5.78 Å². The molecule has 0 spiro atoms. The second-order valence-electron chi connectivity index (χ2n) is 8.08. The van der Waals surface area contributed by atoms with Crippen LogP contribution in [0.15, 0.2) is 12.1 Å². The molecule has 0 N–H and O–H groups in total. The van der Waals surface area contributed by atoms with Crippen LogP contribution in [0, 0.1) is 18.3 Å². The molecule has 0 amide bonds. The Morgan fingerprint density at radius 3 is 2.57 bits per heavy atom. The van der Waals surface area contributed by atoms with E-state index in [1.54, 1.807) is 0 Å². The van der Waals surface area contributed by atoms with E-state index in [0.29, 0.717) is 11.7 Å². The number of benzene rings is 1. The minimum atomic E-state index is 0.183. The van der Waals surface area contributed by atoms with Gasteiger partial charge in [0, 0.05) is 12.0 Å². The Bertz CT molecular complexity index is 596. The first-order chi connectivity index (χ1) is 9.81. The van der Waals surface area contributed by atoms with Crippen molar-refractivity contribution < 1.29 is 4.79 Å². The van der Waals surface area contributed by atoms with E-state index in [1.165, 1.54) is 36.0 Å². The molecule has 0 aliphatic heterocycles. The van der Waals surface area contributed by atoms with Crippen LogP contribution in [0.3, 0.4) is 0 Å². The van der Waals surface area contributed by atoms with E-state index in [2.05, 4.69) is 46.8 Å². The van der Waals surface area contributed by atoms with Gasteiger partial charge >= 0.3 is 0 Å². The maximum absolute atomic E-state index is 12.9. The summed E-state index contributed by atoms with van der Waals surface area (Å²) in [6.07, 6.45) is 5.47. The van der Waals surface area contributed by atoms with Gasteiger partial charge in [0.1, 0.15) is 0 Å². The molecule has 1 aromatic rings.